The number of nitrogens with zero attached hydrogens (tertiary/aromatic N) is 2. The molecule has 31 heavy (non-hydrogen) atoms. The smallest absolute Gasteiger partial charge is 0.135 e. The average Bonchev–Trinajstić information content (AvgIpc) is 3.17. The number of fused-ring (bicyclic) bond motifs is 1. The summed E-state index contributed by atoms with van der Waals surface area (Å²) in [4.78, 5) is 4.96. The number of hydrogen-bond acceptors (Lipinski definition) is 4. The molecule has 4 aromatic rings. The van der Waals surface area contributed by atoms with Crippen LogP contribution in [0.1, 0.15) is 11.3 Å². The molecule has 0 N–H and O–H groups in total. The van der Waals surface area contributed by atoms with Gasteiger partial charge in [0.2, 0.25) is 0 Å². The van der Waals surface area contributed by atoms with Crippen LogP contribution in [0.4, 0.5) is 5.69 Å². The molecule has 4 heteroatoms. The Morgan fingerprint density at radius 3 is 2.32 bits per heavy atom. The second-order valence-corrected chi connectivity index (χ2v) is 8.23. The summed E-state index contributed by atoms with van der Waals surface area (Å²) in [6, 6.07) is 25.5. The maximum Gasteiger partial charge on any atom is 0.135 e. The molecule has 3 aromatic carbocycles. The van der Waals surface area contributed by atoms with Gasteiger partial charge in [-0.3, -0.25) is 4.90 Å². The fourth-order valence-electron chi connectivity index (χ4n) is 4.45. The molecule has 1 saturated heterocycles. The number of benzene rings is 3. The van der Waals surface area contributed by atoms with Crippen LogP contribution in [-0.2, 0) is 6.54 Å². The number of ether oxygens (including phenoxy) is 1. The van der Waals surface area contributed by atoms with E-state index in [1.165, 1.54) is 27.8 Å². The zero-order chi connectivity index (χ0) is 21.2. The quantitative estimate of drug-likeness (QED) is 0.418. The molecule has 0 amide bonds. The van der Waals surface area contributed by atoms with Crippen LogP contribution in [0.25, 0.3) is 22.1 Å². The molecule has 0 atom stereocenters. The van der Waals surface area contributed by atoms with Gasteiger partial charge in [-0.05, 0) is 48.4 Å². The van der Waals surface area contributed by atoms with Crippen molar-refractivity contribution in [3.63, 3.8) is 0 Å². The van der Waals surface area contributed by atoms with Crippen LogP contribution in [0.5, 0.6) is 5.75 Å². The van der Waals surface area contributed by atoms with E-state index < -0.39 is 0 Å². The molecule has 1 aromatic heterocycles. The molecule has 2 heterocycles. The highest BCUT2D eigenvalue weighted by Gasteiger charge is 2.22. The summed E-state index contributed by atoms with van der Waals surface area (Å²) in [5, 5.41) is 1.17. The number of piperazine rings is 1. The zero-order valence-electron chi connectivity index (χ0n) is 18.2. The van der Waals surface area contributed by atoms with Crippen molar-refractivity contribution in [3.8, 4) is 16.9 Å². The second-order valence-electron chi connectivity index (χ2n) is 8.23. The lowest BCUT2D eigenvalue weighted by atomic mass is 10.0. The first-order valence-electron chi connectivity index (χ1n) is 10.9. The van der Waals surface area contributed by atoms with Crippen LogP contribution in [0.2, 0.25) is 0 Å². The van der Waals surface area contributed by atoms with Crippen LogP contribution in [0.3, 0.4) is 0 Å². The van der Waals surface area contributed by atoms with Crippen molar-refractivity contribution in [1.29, 1.82) is 0 Å². The van der Waals surface area contributed by atoms with E-state index in [1.54, 1.807) is 7.11 Å². The van der Waals surface area contributed by atoms with E-state index in [-0.39, 0.29) is 0 Å². The van der Waals surface area contributed by atoms with Gasteiger partial charge in [-0.25, -0.2) is 0 Å². The lowest BCUT2D eigenvalue weighted by Gasteiger charge is -2.35. The highest BCUT2D eigenvalue weighted by molar-refractivity contribution is 5.96. The molecule has 0 radical (unpaired) electrons. The first kappa shape index (κ1) is 19.7. The summed E-state index contributed by atoms with van der Waals surface area (Å²) in [5.41, 5.74) is 5.85. The minimum atomic E-state index is 0.817. The van der Waals surface area contributed by atoms with E-state index in [0.717, 1.165) is 49.8 Å². The third-order valence-corrected chi connectivity index (χ3v) is 6.16. The predicted octanol–water partition coefficient (Wildman–Crippen LogP) is 5.74. The van der Waals surface area contributed by atoms with Gasteiger partial charge < -0.3 is 14.1 Å². The van der Waals surface area contributed by atoms with Gasteiger partial charge in [0.05, 0.1) is 13.7 Å². The Kier molecular flexibility index (Phi) is 5.39. The molecule has 0 bridgehead atoms. The van der Waals surface area contributed by atoms with Gasteiger partial charge in [0.1, 0.15) is 17.1 Å². The van der Waals surface area contributed by atoms with Gasteiger partial charge in [-0.15, -0.1) is 0 Å². The fourth-order valence-corrected chi connectivity index (χ4v) is 4.45. The number of anilines is 1. The van der Waals surface area contributed by atoms with Gasteiger partial charge in [-0.2, -0.15) is 0 Å². The normalized spacial score (nSPS) is 14.8. The van der Waals surface area contributed by atoms with Crippen molar-refractivity contribution >= 4 is 16.7 Å². The van der Waals surface area contributed by atoms with Crippen molar-refractivity contribution in [1.82, 2.24) is 4.90 Å². The molecule has 1 aliphatic rings. The molecule has 0 spiro atoms. The van der Waals surface area contributed by atoms with E-state index in [2.05, 4.69) is 77.4 Å². The number of rotatable bonds is 5. The van der Waals surface area contributed by atoms with E-state index in [9.17, 15) is 0 Å². The maximum atomic E-state index is 6.42. The molecule has 4 nitrogen and oxygen atoms in total. The predicted molar refractivity (Wildman–Crippen MR) is 127 cm³/mol. The topological polar surface area (TPSA) is 28.9 Å². The monoisotopic (exact) mass is 412 g/mol. The molecule has 1 aliphatic heterocycles. The summed E-state index contributed by atoms with van der Waals surface area (Å²) in [5.74, 6) is 1.91. The number of hydrogen-bond donors (Lipinski definition) is 0. The minimum absolute atomic E-state index is 0.817. The van der Waals surface area contributed by atoms with E-state index in [0.29, 0.717) is 0 Å². The number of furan rings is 1. The van der Waals surface area contributed by atoms with E-state index >= 15 is 0 Å². The van der Waals surface area contributed by atoms with Crippen LogP contribution in [-0.4, -0.2) is 38.2 Å². The van der Waals surface area contributed by atoms with Crippen molar-refractivity contribution in [3.05, 3.63) is 84.1 Å². The molecule has 0 saturated carbocycles. The molecular formula is C27H28N2O2. The average molecular weight is 413 g/mol. The SMILES string of the molecule is COc1ccc(-c2c(CN3CCN(c4ccccc4)CC3)oc3cc(C)ccc23)cc1. The van der Waals surface area contributed by atoms with Crippen LogP contribution in [0, 0.1) is 6.92 Å². The summed E-state index contributed by atoms with van der Waals surface area (Å²) in [6.45, 7) is 7.03. The Bertz CT molecular complexity index is 1160. The first-order chi connectivity index (χ1) is 15.2. The summed E-state index contributed by atoms with van der Waals surface area (Å²) >= 11 is 0. The third-order valence-electron chi connectivity index (χ3n) is 6.16. The Balaban J connectivity index is 1.41. The lowest BCUT2D eigenvalue weighted by Crippen LogP contribution is -2.45. The third kappa shape index (κ3) is 4.04. The van der Waals surface area contributed by atoms with Gasteiger partial charge in [0, 0.05) is 42.8 Å². The summed E-state index contributed by atoms with van der Waals surface area (Å²) in [7, 11) is 1.70. The van der Waals surface area contributed by atoms with Gasteiger partial charge in [0.15, 0.2) is 0 Å². The lowest BCUT2D eigenvalue weighted by molar-refractivity contribution is 0.233. The molecule has 0 unspecified atom stereocenters. The number of para-hydroxylation sites is 1. The first-order valence-corrected chi connectivity index (χ1v) is 10.9. The molecule has 0 aliphatic carbocycles. The molecule has 158 valence electrons. The van der Waals surface area contributed by atoms with Crippen molar-refractivity contribution in [2.75, 3.05) is 38.2 Å². The minimum Gasteiger partial charge on any atom is -0.497 e. The van der Waals surface area contributed by atoms with Crippen molar-refractivity contribution in [2.45, 2.75) is 13.5 Å². The van der Waals surface area contributed by atoms with Crippen molar-refractivity contribution in [2.24, 2.45) is 0 Å². The van der Waals surface area contributed by atoms with Crippen LogP contribution in [0.15, 0.2) is 77.2 Å². The standard InChI is InChI=1S/C27H28N2O2/c1-20-8-13-24-25(18-20)31-26(27(24)21-9-11-23(30-2)12-10-21)19-28-14-16-29(17-15-28)22-6-4-3-5-7-22/h3-13,18H,14-17,19H2,1-2H3. The number of methoxy groups -OCH3 is 1. The molecular weight excluding hydrogens is 384 g/mol. The highest BCUT2D eigenvalue weighted by Crippen LogP contribution is 2.37. The fraction of sp³-hybridized carbons (Fsp3) is 0.259. The Hall–Kier alpha value is -3.24. The Labute approximate surface area is 183 Å². The van der Waals surface area contributed by atoms with Gasteiger partial charge in [0.25, 0.3) is 0 Å². The van der Waals surface area contributed by atoms with Gasteiger partial charge in [-0.1, -0.05) is 42.5 Å². The van der Waals surface area contributed by atoms with E-state index in [1.807, 2.05) is 12.1 Å². The molecule has 5 rings (SSSR count). The highest BCUT2D eigenvalue weighted by atomic mass is 16.5. The van der Waals surface area contributed by atoms with Crippen LogP contribution < -0.4 is 9.64 Å². The van der Waals surface area contributed by atoms with Crippen LogP contribution >= 0.6 is 0 Å². The summed E-state index contributed by atoms with van der Waals surface area (Å²) in [6.07, 6.45) is 0. The molecule has 1 fully saturated rings. The second kappa shape index (κ2) is 8.48. The summed E-state index contributed by atoms with van der Waals surface area (Å²) < 4.78 is 11.8. The Morgan fingerprint density at radius 1 is 0.871 bits per heavy atom. The van der Waals surface area contributed by atoms with Gasteiger partial charge >= 0.3 is 0 Å². The largest absolute Gasteiger partial charge is 0.497 e. The Morgan fingerprint density at radius 2 is 1.61 bits per heavy atom. The maximum absolute atomic E-state index is 6.42. The van der Waals surface area contributed by atoms with E-state index in [4.69, 9.17) is 9.15 Å². The zero-order valence-corrected chi connectivity index (χ0v) is 18.2. The van der Waals surface area contributed by atoms with Crippen molar-refractivity contribution < 1.29 is 9.15 Å². The number of aryl methyl sites for hydroxylation is 1.